The van der Waals surface area contributed by atoms with Crippen LogP contribution in [0.1, 0.15) is 35.1 Å². The summed E-state index contributed by atoms with van der Waals surface area (Å²) in [7, 11) is 0. The monoisotopic (exact) mass is 234 g/mol. The van der Waals surface area contributed by atoms with Crippen LogP contribution < -0.4 is 11.1 Å². The largest absolute Gasteiger partial charge is 0.444 e. The van der Waals surface area contributed by atoms with E-state index in [0.717, 1.165) is 0 Å². The van der Waals surface area contributed by atoms with Crippen LogP contribution >= 0.6 is 0 Å². The number of nitrogens with two attached hydrogens (primary N) is 1. The second-order valence-corrected chi connectivity index (χ2v) is 3.85. The quantitative estimate of drug-likeness (QED) is 0.747. The van der Waals surface area contributed by atoms with Gasteiger partial charge in [-0.1, -0.05) is 0 Å². The summed E-state index contributed by atoms with van der Waals surface area (Å²) in [5.41, 5.74) is 6.46. The van der Waals surface area contributed by atoms with Crippen LogP contribution in [0, 0.1) is 6.92 Å². The zero-order valence-corrected chi connectivity index (χ0v) is 9.65. The lowest BCUT2D eigenvalue weighted by molar-refractivity contribution is 0.0929. The van der Waals surface area contributed by atoms with Gasteiger partial charge in [0.1, 0.15) is 17.5 Å². The summed E-state index contributed by atoms with van der Waals surface area (Å²) in [6, 6.07) is 1.28. The van der Waals surface area contributed by atoms with Gasteiger partial charge < -0.3 is 20.5 Å². The lowest BCUT2D eigenvalue weighted by Gasteiger charge is -2.09. The molecule has 2 aromatic heterocycles. The molecule has 6 nitrogen and oxygen atoms in total. The third-order valence-electron chi connectivity index (χ3n) is 2.31. The van der Waals surface area contributed by atoms with Gasteiger partial charge in [0.25, 0.3) is 5.91 Å². The van der Waals surface area contributed by atoms with Crippen LogP contribution in [-0.4, -0.2) is 15.9 Å². The number of anilines is 1. The van der Waals surface area contributed by atoms with E-state index in [9.17, 15) is 4.79 Å². The van der Waals surface area contributed by atoms with Crippen LogP contribution in [0.2, 0.25) is 0 Å². The third-order valence-corrected chi connectivity index (χ3v) is 2.31. The lowest BCUT2D eigenvalue weighted by Crippen LogP contribution is -2.27. The Labute approximate surface area is 98.2 Å². The summed E-state index contributed by atoms with van der Waals surface area (Å²) in [5, 5.41) is 2.76. The number of nitrogens with one attached hydrogen (secondary N) is 2. The molecule has 0 saturated heterocycles. The number of aryl methyl sites for hydroxylation is 1. The molecule has 2 rings (SSSR count). The third kappa shape index (κ3) is 2.47. The normalized spacial score (nSPS) is 12.4. The number of rotatable bonds is 3. The van der Waals surface area contributed by atoms with Gasteiger partial charge >= 0.3 is 0 Å². The van der Waals surface area contributed by atoms with E-state index in [4.69, 9.17) is 10.2 Å². The second-order valence-electron chi connectivity index (χ2n) is 3.85. The number of carbonyl (C=O) groups excluding carboxylic acids is 1. The van der Waals surface area contributed by atoms with Crippen molar-refractivity contribution in [2.45, 2.75) is 19.9 Å². The molecule has 0 aliphatic carbocycles. The highest BCUT2D eigenvalue weighted by Crippen LogP contribution is 2.13. The Morgan fingerprint density at radius 2 is 2.41 bits per heavy atom. The van der Waals surface area contributed by atoms with Gasteiger partial charge in [0, 0.05) is 11.9 Å². The number of carbonyl (C=O) groups is 1. The molecule has 0 radical (unpaired) electrons. The topological polar surface area (TPSA) is 96.9 Å². The van der Waals surface area contributed by atoms with Crippen LogP contribution in [0.15, 0.2) is 22.9 Å². The van der Waals surface area contributed by atoms with E-state index in [-0.39, 0.29) is 11.9 Å². The van der Waals surface area contributed by atoms with Crippen molar-refractivity contribution in [2.24, 2.45) is 0 Å². The SMILES string of the molecule is Cc1cnc(C(C)NC(=O)c2cc(N)c[nH]2)o1. The molecular formula is C11H14N4O2. The minimum atomic E-state index is -0.291. The predicted octanol–water partition coefficient (Wildman–Crippen LogP) is 1.38. The number of hydrogen-bond acceptors (Lipinski definition) is 4. The summed E-state index contributed by atoms with van der Waals surface area (Å²) in [6.07, 6.45) is 3.18. The Morgan fingerprint density at radius 1 is 1.65 bits per heavy atom. The summed E-state index contributed by atoms with van der Waals surface area (Å²) < 4.78 is 5.33. The Hall–Kier alpha value is -2.24. The first-order valence-corrected chi connectivity index (χ1v) is 5.23. The van der Waals surface area contributed by atoms with Crippen molar-refractivity contribution in [1.82, 2.24) is 15.3 Å². The zero-order valence-electron chi connectivity index (χ0n) is 9.65. The zero-order chi connectivity index (χ0) is 12.4. The molecule has 2 heterocycles. The fourth-order valence-corrected chi connectivity index (χ4v) is 1.45. The van der Waals surface area contributed by atoms with Gasteiger partial charge in [-0.3, -0.25) is 4.79 Å². The van der Waals surface area contributed by atoms with Gasteiger partial charge in [-0.2, -0.15) is 0 Å². The van der Waals surface area contributed by atoms with Crippen LogP contribution in [0.3, 0.4) is 0 Å². The van der Waals surface area contributed by atoms with E-state index in [1.165, 1.54) is 0 Å². The average Bonchev–Trinajstić information content (AvgIpc) is 2.87. The Bertz CT molecular complexity index is 529. The number of hydrogen-bond donors (Lipinski definition) is 3. The second kappa shape index (κ2) is 4.32. The van der Waals surface area contributed by atoms with E-state index in [0.29, 0.717) is 23.0 Å². The number of oxazole rings is 1. The van der Waals surface area contributed by atoms with Crippen LogP contribution in [0.25, 0.3) is 0 Å². The first kappa shape index (κ1) is 11.3. The van der Waals surface area contributed by atoms with Crippen LogP contribution in [-0.2, 0) is 0 Å². The molecule has 1 amide bonds. The smallest absolute Gasteiger partial charge is 0.268 e. The number of aromatic nitrogens is 2. The minimum Gasteiger partial charge on any atom is -0.444 e. The molecule has 0 aromatic carbocycles. The fraction of sp³-hybridized carbons (Fsp3) is 0.273. The maximum atomic E-state index is 11.8. The molecule has 2 aromatic rings. The van der Waals surface area contributed by atoms with Crippen LogP contribution in [0.4, 0.5) is 5.69 Å². The average molecular weight is 234 g/mol. The molecule has 0 spiro atoms. The van der Waals surface area contributed by atoms with Gasteiger partial charge in [0.05, 0.1) is 6.20 Å². The minimum absolute atomic E-state index is 0.245. The molecule has 4 N–H and O–H groups in total. The summed E-state index contributed by atoms with van der Waals surface area (Å²) in [4.78, 5) is 18.6. The maximum absolute atomic E-state index is 11.8. The van der Waals surface area contributed by atoms with Gasteiger partial charge in [-0.25, -0.2) is 4.98 Å². The van der Waals surface area contributed by atoms with Crippen molar-refractivity contribution < 1.29 is 9.21 Å². The van der Waals surface area contributed by atoms with Gasteiger partial charge in [0.2, 0.25) is 5.89 Å². The lowest BCUT2D eigenvalue weighted by atomic mass is 10.3. The highest BCUT2D eigenvalue weighted by Gasteiger charge is 2.16. The van der Waals surface area contributed by atoms with Crippen molar-refractivity contribution in [1.29, 1.82) is 0 Å². The first-order valence-electron chi connectivity index (χ1n) is 5.23. The van der Waals surface area contributed by atoms with Crippen molar-refractivity contribution in [3.8, 4) is 0 Å². The molecule has 6 heteroatoms. The van der Waals surface area contributed by atoms with E-state index in [1.54, 1.807) is 32.3 Å². The summed E-state index contributed by atoms with van der Waals surface area (Å²) in [5.74, 6) is 0.950. The molecule has 0 aliphatic heterocycles. The Balaban J connectivity index is 2.04. The maximum Gasteiger partial charge on any atom is 0.268 e. The fourth-order valence-electron chi connectivity index (χ4n) is 1.45. The van der Waals surface area contributed by atoms with Gasteiger partial charge in [-0.15, -0.1) is 0 Å². The standard InChI is InChI=1S/C11H14N4O2/c1-6-4-14-11(17-6)7(2)15-10(16)9-3-8(12)5-13-9/h3-5,7,13H,12H2,1-2H3,(H,15,16). The van der Waals surface area contributed by atoms with E-state index < -0.39 is 0 Å². The van der Waals surface area contributed by atoms with E-state index >= 15 is 0 Å². The van der Waals surface area contributed by atoms with Crippen LogP contribution in [0.5, 0.6) is 0 Å². The number of H-pyrrole nitrogens is 1. The highest BCUT2D eigenvalue weighted by atomic mass is 16.4. The van der Waals surface area contributed by atoms with Gasteiger partial charge in [0.15, 0.2) is 0 Å². The Kier molecular flexibility index (Phi) is 2.86. The molecule has 1 atom stereocenters. The number of amides is 1. The number of nitrogens with zero attached hydrogens (tertiary/aromatic N) is 1. The predicted molar refractivity (Wildman–Crippen MR) is 62.3 cm³/mol. The van der Waals surface area contributed by atoms with Crippen molar-refractivity contribution in [2.75, 3.05) is 5.73 Å². The Morgan fingerprint density at radius 3 is 2.94 bits per heavy atom. The highest BCUT2D eigenvalue weighted by molar-refractivity contribution is 5.93. The molecule has 0 saturated carbocycles. The first-order chi connectivity index (χ1) is 8.06. The molecule has 0 bridgehead atoms. The molecule has 0 fully saturated rings. The summed E-state index contributed by atoms with van der Waals surface area (Å²) >= 11 is 0. The molecule has 90 valence electrons. The van der Waals surface area contributed by atoms with E-state index in [1.807, 2.05) is 0 Å². The van der Waals surface area contributed by atoms with E-state index in [2.05, 4.69) is 15.3 Å². The molecule has 0 aliphatic rings. The van der Waals surface area contributed by atoms with Gasteiger partial charge in [-0.05, 0) is 19.9 Å². The molecular weight excluding hydrogens is 220 g/mol. The van der Waals surface area contributed by atoms with Crippen molar-refractivity contribution in [3.63, 3.8) is 0 Å². The summed E-state index contributed by atoms with van der Waals surface area (Å²) in [6.45, 7) is 3.60. The number of nitrogen functional groups attached to an aromatic ring is 1. The molecule has 1 unspecified atom stereocenters. The number of aromatic amines is 1. The molecule has 17 heavy (non-hydrogen) atoms. The van der Waals surface area contributed by atoms with Crippen molar-refractivity contribution >= 4 is 11.6 Å². The van der Waals surface area contributed by atoms with Crippen molar-refractivity contribution in [3.05, 3.63) is 35.8 Å².